The Bertz CT molecular complexity index is 507. The number of ether oxygens (including phenoxy) is 1. The molecule has 1 unspecified atom stereocenters. The molecule has 1 aliphatic rings. The van der Waals surface area contributed by atoms with E-state index in [2.05, 4.69) is 48.5 Å². The zero-order valence-electron chi connectivity index (χ0n) is 13.9. The quantitative estimate of drug-likeness (QED) is 0.783. The zero-order chi connectivity index (χ0) is 15.3. The highest BCUT2D eigenvalue weighted by Crippen LogP contribution is 2.48. The summed E-state index contributed by atoms with van der Waals surface area (Å²) in [5.74, 6) is 2.32. The number of aromatic hydroxyl groups is 1. The van der Waals surface area contributed by atoms with E-state index in [0.29, 0.717) is 17.6 Å². The minimum Gasteiger partial charge on any atom is -0.508 e. The molecule has 0 fully saturated rings. The molecule has 1 aliphatic heterocycles. The molecule has 2 rings (SSSR count). The number of phenols is 1. The third-order valence-electron chi connectivity index (χ3n) is 4.24. The maximum absolute atomic E-state index is 10.4. The monoisotopic (exact) mass is 276 g/mol. The maximum Gasteiger partial charge on any atom is 0.124 e. The van der Waals surface area contributed by atoms with Crippen LogP contribution in [0.25, 0.3) is 0 Å². The minimum absolute atomic E-state index is 0.0859. The second kappa shape index (κ2) is 4.68. The van der Waals surface area contributed by atoms with Crippen LogP contribution in [-0.4, -0.2) is 10.7 Å². The van der Waals surface area contributed by atoms with E-state index in [0.717, 1.165) is 23.3 Å². The van der Waals surface area contributed by atoms with Gasteiger partial charge in [0.2, 0.25) is 0 Å². The molecule has 0 amide bonds. The van der Waals surface area contributed by atoms with Crippen molar-refractivity contribution in [3.05, 3.63) is 23.3 Å². The third-order valence-corrected chi connectivity index (χ3v) is 4.24. The number of phenolic OH excluding ortho intramolecular Hbond substituents is 1. The van der Waals surface area contributed by atoms with Gasteiger partial charge in [-0.15, -0.1) is 0 Å². The van der Waals surface area contributed by atoms with Gasteiger partial charge in [-0.2, -0.15) is 0 Å². The molecule has 0 aliphatic carbocycles. The van der Waals surface area contributed by atoms with Crippen molar-refractivity contribution >= 4 is 0 Å². The van der Waals surface area contributed by atoms with Crippen LogP contribution in [0.1, 0.15) is 71.9 Å². The van der Waals surface area contributed by atoms with E-state index in [9.17, 15) is 5.11 Å². The first-order chi connectivity index (χ1) is 9.01. The molecule has 0 spiro atoms. The molecule has 0 saturated heterocycles. The first kappa shape index (κ1) is 15.2. The van der Waals surface area contributed by atoms with Crippen LogP contribution < -0.4 is 4.74 Å². The molecule has 20 heavy (non-hydrogen) atoms. The second-order valence-electron chi connectivity index (χ2n) is 8.07. The summed E-state index contributed by atoms with van der Waals surface area (Å²) in [5.41, 5.74) is 1.88. The number of rotatable bonds is 1. The summed E-state index contributed by atoms with van der Waals surface area (Å²) in [4.78, 5) is 0. The van der Waals surface area contributed by atoms with Crippen LogP contribution in [0.15, 0.2) is 12.1 Å². The predicted octanol–water partition coefficient (Wildman–Crippen LogP) is 4.99. The van der Waals surface area contributed by atoms with Gasteiger partial charge in [0.05, 0.1) is 0 Å². The van der Waals surface area contributed by atoms with Gasteiger partial charge in [-0.25, -0.2) is 0 Å². The summed E-state index contributed by atoms with van der Waals surface area (Å²) in [6, 6.07) is 3.97. The minimum atomic E-state index is -0.145. The van der Waals surface area contributed by atoms with Crippen molar-refractivity contribution in [2.24, 2.45) is 5.92 Å². The fraction of sp³-hybridized carbons (Fsp3) is 0.667. The molecule has 0 saturated carbocycles. The average Bonchev–Trinajstić information content (AvgIpc) is 2.25. The number of hydrogen-bond donors (Lipinski definition) is 1. The molecule has 0 aromatic heterocycles. The van der Waals surface area contributed by atoms with E-state index < -0.39 is 0 Å². The van der Waals surface area contributed by atoms with Gasteiger partial charge in [-0.3, -0.25) is 0 Å². The standard InChI is InChI=1S/C18H28O2/c1-11(2)13-10-18(6,7)20-16-9-14(17(3,4)5)15(19)8-12(13)16/h8-9,11,13,19H,10H2,1-7H3. The van der Waals surface area contributed by atoms with Crippen molar-refractivity contribution in [2.45, 2.75) is 71.8 Å². The van der Waals surface area contributed by atoms with Gasteiger partial charge >= 0.3 is 0 Å². The van der Waals surface area contributed by atoms with Crippen LogP contribution in [0.5, 0.6) is 11.5 Å². The van der Waals surface area contributed by atoms with Crippen molar-refractivity contribution in [1.29, 1.82) is 0 Å². The van der Waals surface area contributed by atoms with Crippen LogP contribution in [0, 0.1) is 5.92 Å². The molecule has 1 heterocycles. The third kappa shape index (κ3) is 2.79. The van der Waals surface area contributed by atoms with Crippen LogP contribution in [0.3, 0.4) is 0 Å². The molecule has 0 bridgehead atoms. The summed E-state index contributed by atoms with van der Waals surface area (Å²) in [6.07, 6.45) is 0.992. The highest BCUT2D eigenvalue weighted by Gasteiger charge is 2.36. The molecule has 2 heteroatoms. The summed E-state index contributed by atoms with van der Waals surface area (Å²) >= 11 is 0. The smallest absolute Gasteiger partial charge is 0.124 e. The van der Waals surface area contributed by atoms with E-state index >= 15 is 0 Å². The number of benzene rings is 1. The van der Waals surface area contributed by atoms with Crippen LogP contribution in [0.2, 0.25) is 0 Å². The summed E-state index contributed by atoms with van der Waals surface area (Å²) in [7, 11) is 0. The van der Waals surface area contributed by atoms with Gasteiger partial charge in [-0.1, -0.05) is 34.6 Å². The highest BCUT2D eigenvalue weighted by molar-refractivity contribution is 5.51. The topological polar surface area (TPSA) is 29.5 Å². The SMILES string of the molecule is CC(C)C1CC(C)(C)Oc2cc(C(C)(C)C)c(O)cc21. The molecular formula is C18H28O2. The second-order valence-corrected chi connectivity index (χ2v) is 8.07. The van der Waals surface area contributed by atoms with Gasteiger partial charge in [0, 0.05) is 11.1 Å². The van der Waals surface area contributed by atoms with Crippen molar-refractivity contribution < 1.29 is 9.84 Å². The summed E-state index contributed by atoms with van der Waals surface area (Å²) in [5, 5.41) is 10.4. The van der Waals surface area contributed by atoms with Crippen molar-refractivity contribution in [1.82, 2.24) is 0 Å². The Balaban J connectivity index is 2.58. The predicted molar refractivity (Wildman–Crippen MR) is 83.7 cm³/mol. The highest BCUT2D eigenvalue weighted by atomic mass is 16.5. The fourth-order valence-corrected chi connectivity index (χ4v) is 3.14. The van der Waals surface area contributed by atoms with E-state index in [-0.39, 0.29) is 11.0 Å². The van der Waals surface area contributed by atoms with Crippen LogP contribution >= 0.6 is 0 Å². The Morgan fingerprint density at radius 2 is 1.85 bits per heavy atom. The molecule has 2 nitrogen and oxygen atoms in total. The Morgan fingerprint density at radius 3 is 2.35 bits per heavy atom. The Labute approximate surface area is 123 Å². The van der Waals surface area contributed by atoms with E-state index in [1.165, 1.54) is 0 Å². The molecular weight excluding hydrogens is 248 g/mol. The lowest BCUT2D eigenvalue weighted by molar-refractivity contribution is 0.0635. The molecule has 0 radical (unpaired) electrons. The van der Waals surface area contributed by atoms with Gasteiger partial charge in [0.15, 0.2) is 0 Å². The van der Waals surface area contributed by atoms with E-state index in [4.69, 9.17) is 4.74 Å². The van der Waals surface area contributed by atoms with E-state index in [1.807, 2.05) is 12.1 Å². The summed E-state index contributed by atoms with van der Waals surface area (Å²) < 4.78 is 6.18. The largest absolute Gasteiger partial charge is 0.508 e. The first-order valence-corrected chi connectivity index (χ1v) is 7.58. The molecule has 1 N–H and O–H groups in total. The zero-order valence-corrected chi connectivity index (χ0v) is 13.9. The van der Waals surface area contributed by atoms with Crippen molar-refractivity contribution in [3.8, 4) is 11.5 Å². The molecule has 1 aromatic carbocycles. The molecule has 1 atom stereocenters. The Morgan fingerprint density at radius 1 is 1.25 bits per heavy atom. The normalized spacial score (nSPS) is 21.5. The van der Waals surface area contributed by atoms with Gasteiger partial charge < -0.3 is 9.84 Å². The van der Waals surface area contributed by atoms with Crippen molar-refractivity contribution in [2.75, 3.05) is 0 Å². The first-order valence-electron chi connectivity index (χ1n) is 7.58. The lowest BCUT2D eigenvalue weighted by atomic mass is 9.76. The fourth-order valence-electron chi connectivity index (χ4n) is 3.14. The van der Waals surface area contributed by atoms with Crippen LogP contribution in [0.4, 0.5) is 0 Å². The number of fused-ring (bicyclic) bond motifs is 1. The molecule has 1 aromatic rings. The van der Waals surface area contributed by atoms with Gasteiger partial charge in [0.25, 0.3) is 0 Å². The Kier molecular flexibility index (Phi) is 3.56. The summed E-state index contributed by atoms with van der Waals surface area (Å²) in [6.45, 7) is 15.1. The van der Waals surface area contributed by atoms with Gasteiger partial charge in [-0.05, 0) is 49.7 Å². The maximum atomic E-state index is 10.4. The van der Waals surface area contributed by atoms with E-state index in [1.54, 1.807) is 0 Å². The lowest BCUT2D eigenvalue weighted by Gasteiger charge is -2.40. The Hall–Kier alpha value is -1.18. The van der Waals surface area contributed by atoms with Gasteiger partial charge in [0.1, 0.15) is 17.1 Å². The number of hydrogen-bond acceptors (Lipinski definition) is 2. The van der Waals surface area contributed by atoms with Crippen molar-refractivity contribution in [3.63, 3.8) is 0 Å². The molecule has 112 valence electrons. The lowest BCUT2D eigenvalue weighted by Crippen LogP contribution is -2.36. The average molecular weight is 276 g/mol. The van der Waals surface area contributed by atoms with Crippen LogP contribution in [-0.2, 0) is 5.41 Å².